The number of rotatable bonds is 0. The first-order valence-electron chi connectivity index (χ1n) is 7.17. The molecular formula is C14H26Cl2Rh2+. The van der Waals surface area contributed by atoms with E-state index in [0.29, 0.717) is 0 Å². The van der Waals surface area contributed by atoms with Crippen molar-refractivity contribution in [1.29, 1.82) is 0 Å². The van der Waals surface area contributed by atoms with E-state index in [2.05, 4.69) is 19.4 Å². The van der Waals surface area contributed by atoms with Crippen molar-refractivity contribution < 1.29 is 54.0 Å². The summed E-state index contributed by atoms with van der Waals surface area (Å²) >= 11 is -0.00333. The third-order valence-electron chi connectivity index (χ3n) is 5.27. The minimum atomic E-state index is -0.00333. The van der Waals surface area contributed by atoms with Gasteiger partial charge in [0.1, 0.15) is 0 Å². The van der Waals surface area contributed by atoms with Gasteiger partial charge in [-0.25, -0.2) is 0 Å². The first-order valence-corrected chi connectivity index (χ1v) is 11.7. The van der Waals surface area contributed by atoms with Gasteiger partial charge >= 0.3 is 34.5 Å². The summed E-state index contributed by atoms with van der Waals surface area (Å²) in [5, 5.41) is 0. The molecule has 4 rings (SSSR count). The van der Waals surface area contributed by atoms with E-state index in [1.165, 1.54) is 23.7 Å². The van der Waals surface area contributed by atoms with Gasteiger partial charge < -0.3 is 0 Å². The van der Waals surface area contributed by atoms with Crippen molar-refractivity contribution >= 4 is 0 Å². The minimum absolute atomic E-state index is 0. The van der Waals surface area contributed by atoms with Gasteiger partial charge in [0.25, 0.3) is 0 Å². The maximum atomic E-state index is 4.28. The Kier molecular flexibility index (Phi) is 9.64. The summed E-state index contributed by atoms with van der Waals surface area (Å²) in [6.45, 7) is 0. The van der Waals surface area contributed by atoms with Gasteiger partial charge in [-0.2, -0.15) is 0 Å². The van der Waals surface area contributed by atoms with Crippen molar-refractivity contribution in [3.8, 4) is 0 Å². The molecule has 0 aromatic heterocycles. The molecule has 0 saturated heterocycles. The Hall–Kier alpha value is 1.83. The molecule has 0 aromatic rings. The topological polar surface area (TPSA) is 0 Å². The third kappa shape index (κ3) is 5.67. The average Bonchev–Trinajstić information content (AvgIpc) is 3.13. The standard InChI is InChI=1S/2C7H12.2ClH.2Rh/c2*1-2-7-4-3-6(1)5-7;;;;/h2*6-7H,1-5H2;2*1H;;/q;;;;;+1. The van der Waals surface area contributed by atoms with Crippen molar-refractivity contribution in [1.82, 2.24) is 0 Å². The van der Waals surface area contributed by atoms with Crippen LogP contribution in [0.2, 0.25) is 0 Å². The van der Waals surface area contributed by atoms with Crippen LogP contribution in [0.5, 0.6) is 0 Å². The fourth-order valence-electron chi connectivity index (χ4n) is 4.35. The third-order valence-corrected chi connectivity index (χ3v) is 5.27. The number of hydrogen-bond acceptors (Lipinski definition) is 0. The predicted octanol–water partition coefficient (Wildman–Crippen LogP) is 3.85. The summed E-state index contributed by atoms with van der Waals surface area (Å²) in [6.07, 6.45) is 15.6. The Labute approximate surface area is 141 Å². The zero-order valence-corrected chi connectivity index (χ0v) is 15.8. The Morgan fingerprint density at radius 3 is 0.778 bits per heavy atom. The Balaban J connectivity index is 0.000000143. The van der Waals surface area contributed by atoms with Crippen LogP contribution >= 0.6 is 0 Å². The van der Waals surface area contributed by atoms with Crippen LogP contribution in [0.15, 0.2) is 0 Å². The number of halogens is 2. The molecule has 0 heterocycles. The van der Waals surface area contributed by atoms with Gasteiger partial charge in [-0.1, -0.05) is 51.4 Å². The molecular weight excluding hydrogens is 445 g/mol. The monoisotopic (exact) mass is 470 g/mol. The molecule has 0 amide bonds. The van der Waals surface area contributed by atoms with E-state index in [0.717, 1.165) is 0 Å². The van der Waals surface area contributed by atoms with Gasteiger partial charge in [0, 0.05) is 19.5 Å². The van der Waals surface area contributed by atoms with E-state index in [-0.39, 0.29) is 34.6 Å². The van der Waals surface area contributed by atoms with Crippen LogP contribution in [0.3, 0.4) is 0 Å². The Bertz CT molecular complexity index is 168. The van der Waals surface area contributed by atoms with E-state index >= 15 is 0 Å². The molecule has 0 nitrogen and oxygen atoms in total. The van der Waals surface area contributed by atoms with Gasteiger partial charge in [0.05, 0.1) is 0 Å². The average molecular weight is 471 g/mol. The van der Waals surface area contributed by atoms with Crippen molar-refractivity contribution in [2.24, 2.45) is 23.7 Å². The molecule has 4 saturated carbocycles. The zero-order valence-electron chi connectivity index (χ0n) is 10.9. The van der Waals surface area contributed by atoms with Gasteiger partial charge in [-0.05, 0) is 36.5 Å². The maximum Gasteiger partial charge on any atom is 0 e. The van der Waals surface area contributed by atoms with E-state index in [4.69, 9.17) is 0 Å². The van der Waals surface area contributed by atoms with Gasteiger partial charge in [0.2, 0.25) is 0 Å². The first-order chi connectivity index (χ1) is 8.31. The van der Waals surface area contributed by atoms with E-state index in [1.54, 1.807) is 64.2 Å². The van der Waals surface area contributed by atoms with Crippen LogP contribution in [0.4, 0.5) is 0 Å². The molecule has 4 aliphatic rings. The quantitative estimate of drug-likeness (QED) is 0.472. The zero-order chi connectivity index (χ0) is 12.1. The Morgan fingerprint density at radius 1 is 0.556 bits per heavy atom. The van der Waals surface area contributed by atoms with Crippen LogP contribution in [-0.2, 0) is 34.6 Å². The van der Waals surface area contributed by atoms with Crippen molar-refractivity contribution in [2.75, 3.05) is 0 Å². The van der Waals surface area contributed by atoms with Gasteiger partial charge in [0.15, 0.2) is 0 Å². The fourth-order valence-corrected chi connectivity index (χ4v) is 4.35. The second kappa shape index (κ2) is 9.71. The molecule has 0 N–H and O–H groups in total. The van der Waals surface area contributed by atoms with E-state index in [9.17, 15) is 0 Å². The van der Waals surface area contributed by atoms with Crippen molar-refractivity contribution in [2.45, 2.75) is 64.2 Å². The second-order valence-corrected chi connectivity index (χ2v) is 9.20. The molecule has 0 aliphatic heterocycles. The minimum Gasteiger partial charge on any atom is 0 e. The molecule has 4 bridgehead atoms. The summed E-state index contributed by atoms with van der Waals surface area (Å²) in [4.78, 5) is 0. The smallest absolute Gasteiger partial charge is 0 e. The van der Waals surface area contributed by atoms with E-state index in [1.807, 2.05) is 0 Å². The van der Waals surface area contributed by atoms with Crippen LogP contribution in [0, 0.1) is 43.1 Å². The molecule has 4 heteroatoms. The molecule has 4 fully saturated rings. The number of hydrogen-bond donors (Lipinski definition) is 0. The van der Waals surface area contributed by atoms with E-state index < -0.39 is 0 Å². The van der Waals surface area contributed by atoms with Crippen molar-refractivity contribution in [3.63, 3.8) is 0 Å². The fraction of sp³-hybridized carbons (Fsp3) is 1.00. The molecule has 1 radical (unpaired) electrons. The predicted molar refractivity (Wildman–Crippen MR) is 62.9 cm³/mol. The normalized spacial score (nSPS) is 38.6. The van der Waals surface area contributed by atoms with Crippen LogP contribution in [0.25, 0.3) is 0 Å². The molecule has 113 valence electrons. The van der Waals surface area contributed by atoms with Crippen molar-refractivity contribution in [3.05, 3.63) is 0 Å². The number of fused-ring (bicyclic) bond motifs is 4. The first kappa shape index (κ1) is 17.9. The molecule has 4 aliphatic carbocycles. The molecule has 0 aromatic carbocycles. The summed E-state index contributed by atoms with van der Waals surface area (Å²) in [5.41, 5.74) is 0. The SMILES string of the molecule is C1CC2CCC1C2.C1CC2CCC1C2.[ClH+][Rh-][ClH+].[Rh]. The summed E-state index contributed by atoms with van der Waals surface area (Å²) in [6, 6.07) is 0. The summed E-state index contributed by atoms with van der Waals surface area (Å²) in [5.74, 6) is 4.69. The maximum absolute atomic E-state index is 4.28. The molecule has 0 spiro atoms. The van der Waals surface area contributed by atoms with Gasteiger partial charge in [-0.3, -0.25) is 0 Å². The summed E-state index contributed by atoms with van der Waals surface area (Å²) < 4.78 is 0. The molecule has 0 atom stereocenters. The van der Waals surface area contributed by atoms with Crippen LogP contribution in [0.1, 0.15) is 64.2 Å². The largest absolute Gasteiger partial charge is 0 e. The van der Waals surface area contributed by atoms with Crippen LogP contribution in [-0.4, -0.2) is 0 Å². The molecule has 0 unspecified atom stereocenters. The Morgan fingerprint density at radius 2 is 0.722 bits per heavy atom. The van der Waals surface area contributed by atoms with Gasteiger partial charge in [-0.15, -0.1) is 0 Å². The van der Waals surface area contributed by atoms with Crippen LogP contribution < -0.4 is 0 Å². The molecule has 18 heavy (non-hydrogen) atoms. The summed E-state index contributed by atoms with van der Waals surface area (Å²) in [7, 11) is 8.56. The second-order valence-electron chi connectivity index (χ2n) is 6.30.